The molecular weight excluding hydrogens is 267 g/mol. The van der Waals surface area contributed by atoms with Gasteiger partial charge in [0.2, 0.25) is 0 Å². The van der Waals surface area contributed by atoms with Crippen LogP contribution in [0.15, 0.2) is 30.5 Å². The third-order valence-electron chi connectivity index (χ3n) is 2.84. The van der Waals surface area contributed by atoms with Crippen LogP contribution in [0, 0.1) is 6.92 Å². The van der Waals surface area contributed by atoms with Crippen LogP contribution in [0.5, 0.6) is 0 Å². The fourth-order valence-corrected chi connectivity index (χ4v) is 2.41. The molecule has 2 aromatic rings. The van der Waals surface area contributed by atoms with Gasteiger partial charge in [-0.2, -0.15) is 0 Å². The zero-order valence-electron chi connectivity index (χ0n) is 10.2. The molecule has 0 bridgehead atoms. The Balaban J connectivity index is 2.38. The quantitative estimate of drug-likeness (QED) is 0.795. The Morgan fingerprint density at radius 2 is 1.72 bits per heavy atom. The lowest BCUT2D eigenvalue weighted by molar-refractivity contribution is 0.927. The normalized spacial score (nSPS) is 10.6. The minimum atomic E-state index is 0.478. The number of benzene rings is 1. The van der Waals surface area contributed by atoms with Crippen molar-refractivity contribution in [2.45, 2.75) is 25.1 Å². The monoisotopic (exact) mass is 280 g/mol. The molecule has 18 heavy (non-hydrogen) atoms. The van der Waals surface area contributed by atoms with Crippen LogP contribution in [0.25, 0.3) is 0 Å². The van der Waals surface area contributed by atoms with Crippen LogP contribution in [0.1, 0.15) is 28.2 Å². The molecule has 1 heterocycles. The van der Waals surface area contributed by atoms with Gasteiger partial charge >= 0.3 is 0 Å². The summed E-state index contributed by atoms with van der Waals surface area (Å²) < 4.78 is 0. The van der Waals surface area contributed by atoms with Crippen molar-refractivity contribution in [1.82, 2.24) is 9.97 Å². The van der Waals surface area contributed by atoms with Gasteiger partial charge in [0.25, 0.3) is 0 Å². The van der Waals surface area contributed by atoms with Gasteiger partial charge in [-0.3, -0.25) is 0 Å². The van der Waals surface area contributed by atoms with Gasteiger partial charge in [-0.15, -0.1) is 23.2 Å². The van der Waals surface area contributed by atoms with Crippen molar-refractivity contribution in [2.24, 2.45) is 0 Å². The smallest absolute Gasteiger partial charge is 0.132 e. The van der Waals surface area contributed by atoms with E-state index >= 15 is 0 Å². The summed E-state index contributed by atoms with van der Waals surface area (Å²) in [6.07, 6.45) is 2.45. The SMILES string of the molecule is Cc1ccnc(Cc2c(CCl)cccc2CCl)n1. The highest BCUT2D eigenvalue weighted by Gasteiger charge is 2.09. The standard InChI is InChI=1S/C14H14Cl2N2/c1-10-5-6-17-14(18-10)7-13-11(8-15)3-2-4-12(13)9-16/h2-6H,7-9H2,1H3. The topological polar surface area (TPSA) is 25.8 Å². The molecule has 0 N–H and O–H groups in total. The summed E-state index contributed by atoms with van der Waals surface area (Å²) >= 11 is 11.9. The largest absolute Gasteiger partial charge is 0.241 e. The first-order valence-electron chi connectivity index (χ1n) is 5.74. The second-order valence-electron chi connectivity index (χ2n) is 4.11. The molecule has 0 aliphatic heterocycles. The first kappa shape index (κ1) is 13.3. The van der Waals surface area contributed by atoms with E-state index in [1.54, 1.807) is 6.20 Å². The summed E-state index contributed by atoms with van der Waals surface area (Å²) in [5.74, 6) is 1.76. The van der Waals surface area contributed by atoms with E-state index < -0.39 is 0 Å². The summed E-state index contributed by atoms with van der Waals surface area (Å²) in [4.78, 5) is 8.71. The molecule has 1 aromatic heterocycles. The number of nitrogens with zero attached hydrogens (tertiary/aromatic N) is 2. The van der Waals surface area contributed by atoms with Crippen molar-refractivity contribution in [1.29, 1.82) is 0 Å². The fraction of sp³-hybridized carbons (Fsp3) is 0.286. The first-order valence-corrected chi connectivity index (χ1v) is 6.81. The van der Waals surface area contributed by atoms with Crippen molar-refractivity contribution in [2.75, 3.05) is 0 Å². The highest BCUT2D eigenvalue weighted by atomic mass is 35.5. The molecule has 0 aliphatic carbocycles. The van der Waals surface area contributed by atoms with Gasteiger partial charge < -0.3 is 0 Å². The maximum absolute atomic E-state index is 5.97. The van der Waals surface area contributed by atoms with Crippen molar-refractivity contribution >= 4 is 23.2 Å². The highest BCUT2D eigenvalue weighted by molar-refractivity contribution is 6.18. The summed E-state index contributed by atoms with van der Waals surface area (Å²) in [5, 5.41) is 0. The number of hydrogen-bond donors (Lipinski definition) is 0. The Morgan fingerprint density at radius 1 is 1.06 bits per heavy atom. The van der Waals surface area contributed by atoms with Crippen LogP contribution >= 0.6 is 23.2 Å². The van der Waals surface area contributed by atoms with Crippen LogP contribution in [-0.2, 0) is 18.2 Å². The average molecular weight is 281 g/mol. The predicted octanol–water partition coefficient (Wildman–Crippen LogP) is 3.85. The lowest BCUT2D eigenvalue weighted by atomic mass is 9.99. The summed E-state index contributed by atoms with van der Waals surface area (Å²) in [7, 11) is 0. The lowest BCUT2D eigenvalue weighted by Gasteiger charge is -2.11. The van der Waals surface area contributed by atoms with E-state index in [0.29, 0.717) is 18.2 Å². The van der Waals surface area contributed by atoms with Gasteiger partial charge in [0.05, 0.1) is 0 Å². The molecule has 4 heteroatoms. The van der Waals surface area contributed by atoms with Crippen molar-refractivity contribution in [3.05, 3.63) is 58.7 Å². The fourth-order valence-electron chi connectivity index (χ4n) is 1.91. The number of rotatable bonds is 4. The maximum atomic E-state index is 5.97. The average Bonchev–Trinajstić information content (AvgIpc) is 2.39. The van der Waals surface area contributed by atoms with Crippen LogP contribution in [0.2, 0.25) is 0 Å². The van der Waals surface area contributed by atoms with Crippen LogP contribution in [-0.4, -0.2) is 9.97 Å². The van der Waals surface area contributed by atoms with Crippen molar-refractivity contribution in [3.63, 3.8) is 0 Å². The molecule has 0 atom stereocenters. The van der Waals surface area contributed by atoms with Gasteiger partial charge in [-0.25, -0.2) is 9.97 Å². The summed E-state index contributed by atoms with van der Waals surface area (Å²) in [6.45, 7) is 1.96. The molecule has 0 saturated heterocycles. The molecule has 0 amide bonds. The highest BCUT2D eigenvalue weighted by Crippen LogP contribution is 2.21. The van der Waals surface area contributed by atoms with E-state index in [1.165, 1.54) is 0 Å². The number of aryl methyl sites for hydroxylation is 1. The molecule has 0 fully saturated rings. The second kappa shape index (κ2) is 6.17. The summed E-state index contributed by atoms with van der Waals surface area (Å²) in [5.41, 5.74) is 4.31. The Labute approximate surface area is 117 Å². The molecule has 1 aromatic carbocycles. The van der Waals surface area contributed by atoms with E-state index in [0.717, 1.165) is 28.2 Å². The molecule has 94 valence electrons. The minimum absolute atomic E-state index is 0.478. The Morgan fingerprint density at radius 3 is 2.28 bits per heavy atom. The maximum Gasteiger partial charge on any atom is 0.132 e. The van der Waals surface area contributed by atoms with Gasteiger partial charge in [-0.1, -0.05) is 18.2 Å². The van der Waals surface area contributed by atoms with Crippen LogP contribution in [0.3, 0.4) is 0 Å². The van der Waals surface area contributed by atoms with Gasteiger partial charge in [0.15, 0.2) is 0 Å². The molecule has 0 unspecified atom stereocenters. The molecule has 0 saturated carbocycles. The van der Waals surface area contributed by atoms with Gasteiger partial charge in [-0.05, 0) is 29.7 Å². The number of aromatic nitrogens is 2. The molecular formula is C14H14Cl2N2. The zero-order chi connectivity index (χ0) is 13.0. The lowest BCUT2D eigenvalue weighted by Crippen LogP contribution is -2.03. The van der Waals surface area contributed by atoms with E-state index in [9.17, 15) is 0 Å². The predicted molar refractivity (Wildman–Crippen MR) is 75.1 cm³/mol. The molecule has 0 spiro atoms. The van der Waals surface area contributed by atoms with Crippen molar-refractivity contribution in [3.8, 4) is 0 Å². The number of alkyl halides is 2. The Hall–Kier alpha value is -1.12. The Kier molecular flexibility index (Phi) is 4.56. The zero-order valence-corrected chi connectivity index (χ0v) is 11.7. The van der Waals surface area contributed by atoms with Crippen molar-refractivity contribution < 1.29 is 0 Å². The molecule has 0 aliphatic rings. The third-order valence-corrected chi connectivity index (χ3v) is 3.41. The van der Waals surface area contributed by atoms with E-state index in [4.69, 9.17) is 23.2 Å². The van der Waals surface area contributed by atoms with Gasteiger partial charge in [0.1, 0.15) is 5.82 Å². The first-order chi connectivity index (χ1) is 8.74. The van der Waals surface area contributed by atoms with E-state index in [-0.39, 0.29) is 0 Å². The van der Waals surface area contributed by atoms with E-state index in [2.05, 4.69) is 9.97 Å². The summed E-state index contributed by atoms with van der Waals surface area (Å²) in [6, 6.07) is 7.91. The van der Waals surface area contributed by atoms with E-state index in [1.807, 2.05) is 31.2 Å². The second-order valence-corrected chi connectivity index (χ2v) is 4.65. The molecule has 2 nitrogen and oxygen atoms in total. The molecule has 0 radical (unpaired) electrons. The minimum Gasteiger partial charge on any atom is -0.241 e. The third kappa shape index (κ3) is 3.01. The van der Waals surface area contributed by atoms with Crippen LogP contribution < -0.4 is 0 Å². The Bertz CT molecular complexity index is 519. The number of halogens is 2. The number of hydrogen-bond acceptors (Lipinski definition) is 2. The van der Waals surface area contributed by atoms with Gasteiger partial charge in [0, 0.05) is 30.1 Å². The molecule has 2 rings (SSSR count). The van der Waals surface area contributed by atoms with Crippen LogP contribution in [0.4, 0.5) is 0 Å².